The molecule has 8 heteroatoms. The van der Waals surface area contributed by atoms with E-state index < -0.39 is 22.7 Å². The molecule has 8 nitrogen and oxygen atoms in total. The minimum Gasteiger partial charge on any atom is -0.485 e. The highest BCUT2D eigenvalue weighted by Crippen LogP contribution is 2.44. The van der Waals surface area contributed by atoms with Crippen molar-refractivity contribution in [1.29, 1.82) is 5.26 Å². The van der Waals surface area contributed by atoms with E-state index in [4.69, 9.17) is 10.00 Å². The van der Waals surface area contributed by atoms with Crippen LogP contribution in [0, 0.1) is 21.4 Å². The van der Waals surface area contributed by atoms with Crippen LogP contribution in [0.1, 0.15) is 31.0 Å². The Morgan fingerprint density at radius 1 is 1.58 bits per heavy atom. The summed E-state index contributed by atoms with van der Waals surface area (Å²) >= 11 is 0. The molecule has 0 amide bonds. The number of nitrogens with zero attached hydrogens (tertiary/aromatic N) is 3. The number of fused-ring (bicyclic) bond motifs is 1. The van der Waals surface area contributed by atoms with Gasteiger partial charge in [0.25, 0.3) is 6.20 Å². The summed E-state index contributed by atoms with van der Waals surface area (Å²) in [7, 11) is 0. The number of aliphatic hydroxyl groups excluding tert-OH is 1. The number of rotatable bonds is 2. The number of ether oxygens (including phenoxy) is 1. The van der Waals surface area contributed by atoms with E-state index in [0.717, 1.165) is 6.20 Å². The van der Waals surface area contributed by atoms with E-state index in [9.17, 15) is 15.2 Å². The van der Waals surface area contributed by atoms with Crippen LogP contribution in [0.15, 0.2) is 30.2 Å². The Morgan fingerprint density at radius 3 is 3.00 bits per heavy atom. The minimum atomic E-state index is -0.922. The van der Waals surface area contributed by atoms with Crippen LogP contribution in [0.3, 0.4) is 0 Å². The highest BCUT2D eigenvalue weighted by atomic mass is 16.6. The molecular formula is C16H18N4O4. The SMILES string of the molecule is CC1(C)Oc2ccc(C#N)cc2C(N2CCN/C2=C\[N+](=O)[O-])C1O. The van der Waals surface area contributed by atoms with Crippen molar-refractivity contribution in [3.8, 4) is 11.8 Å². The number of aliphatic hydroxyl groups is 1. The van der Waals surface area contributed by atoms with E-state index in [1.807, 2.05) is 0 Å². The van der Waals surface area contributed by atoms with Crippen molar-refractivity contribution in [2.24, 2.45) is 0 Å². The summed E-state index contributed by atoms with van der Waals surface area (Å²) in [6.45, 7) is 4.59. The molecular weight excluding hydrogens is 312 g/mol. The summed E-state index contributed by atoms with van der Waals surface area (Å²) in [5.41, 5.74) is 0.230. The van der Waals surface area contributed by atoms with Crippen molar-refractivity contribution in [3.05, 3.63) is 51.5 Å². The fraction of sp³-hybridized carbons (Fsp3) is 0.438. The average molecular weight is 330 g/mol. The second-order valence-electron chi connectivity index (χ2n) is 6.38. The maximum Gasteiger partial charge on any atom is 0.274 e. The van der Waals surface area contributed by atoms with Crippen LogP contribution in [0.2, 0.25) is 0 Å². The molecule has 1 aromatic rings. The van der Waals surface area contributed by atoms with Gasteiger partial charge in [0.15, 0.2) is 5.82 Å². The van der Waals surface area contributed by atoms with Gasteiger partial charge < -0.3 is 20.1 Å². The smallest absolute Gasteiger partial charge is 0.274 e. The van der Waals surface area contributed by atoms with Crippen LogP contribution in [-0.2, 0) is 0 Å². The van der Waals surface area contributed by atoms with Crippen LogP contribution >= 0.6 is 0 Å². The summed E-state index contributed by atoms with van der Waals surface area (Å²) in [5.74, 6) is 0.914. The molecule has 0 aliphatic carbocycles. The number of hydrogen-bond donors (Lipinski definition) is 2. The monoisotopic (exact) mass is 330 g/mol. The molecule has 2 atom stereocenters. The van der Waals surface area contributed by atoms with Crippen LogP contribution in [0.5, 0.6) is 5.75 Å². The van der Waals surface area contributed by atoms with Crippen LogP contribution in [0.25, 0.3) is 0 Å². The first-order chi connectivity index (χ1) is 11.3. The van der Waals surface area contributed by atoms with Crippen molar-refractivity contribution < 1.29 is 14.8 Å². The summed E-state index contributed by atoms with van der Waals surface area (Å²) in [5, 5.41) is 33.8. The Labute approximate surface area is 139 Å². The van der Waals surface area contributed by atoms with Crippen molar-refractivity contribution in [3.63, 3.8) is 0 Å². The second kappa shape index (κ2) is 5.69. The van der Waals surface area contributed by atoms with Crippen LogP contribution in [0.4, 0.5) is 0 Å². The predicted molar refractivity (Wildman–Crippen MR) is 84.4 cm³/mol. The topological polar surface area (TPSA) is 112 Å². The molecule has 3 rings (SSSR count). The molecule has 0 bridgehead atoms. The molecule has 126 valence electrons. The molecule has 1 saturated heterocycles. The molecule has 2 N–H and O–H groups in total. The fourth-order valence-electron chi connectivity index (χ4n) is 3.21. The quantitative estimate of drug-likeness (QED) is 0.617. The third kappa shape index (κ3) is 2.63. The van der Waals surface area contributed by atoms with Crippen LogP contribution in [-0.4, -0.2) is 39.7 Å². The van der Waals surface area contributed by atoms with E-state index in [1.165, 1.54) is 0 Å². The number of nitrogens with one attached hydrogen (secondary N) is 1. The molecule has 1 fully saturated rings. The number of nitro groups is 1. The van der Waals surface area contributed by atoms with Crippen molar-refractivity contribution in [2.75, 3.05) is 13.1 Å². The second-order valence-corrected chi connectivity index (χ2v) is 6.38. The Bertz CT molecular complexity index is 753. The van der Waals surface area contributed by atoms with Gasteiger partial charge in [-0.05, 0) is 32.0 Å². The molecule has 0 radical (unpaired) electrons. The number of nitriles is 1. The zero-order chi connectivity index (χ0) is 17.5. The van der Waals surface area contributed by atoms with Gasteiger partial charge in [0.1, 0.15) is 17.5 Å². The van der Waals surface area contributed by atoms with Gasteiger partial charge in [-0.25, -0.2) is 0 Å². The largest absolute Gasteiger partial charge is 0.485 e. The van der Waals surface area contributed by atoms with Gasteiger partial charge in [0.05, 0.1) is 22.6 Å². The van der Waals surface area contributed by atoms with Gasteiger partial charge in [0.2, 0.25) is 0 Å². The van der Waals surface area contributed by atoms with E-state index >= 15 is 0 Å². The third-order valence-electron chi connectivity index (χ3n) is 4.37. The number of benzene rings is 1. The Balaban J connectivity index is 2.12. The van der Waals surface area contributed by atoms with Crippen LogP contribution < -0.4 is 10.1 Å². The first-order valence-corrected chi connectivity index (χ1v) is 7.60. The highest BCUT2D eigenvalue weighted by Gasteiger charge is 2.47. The minimum absolute atomic E-state index is 0.343. The lowest BCUT2D eigenvalue weighted by Gasteiger charge is -2.45. The first kappa shape index (κ1) is 16.1. The zero-order valence-corrected chi connectivity index (χ0v) is 13.4. The van der Waals surface area contributed by atoms with Gasteiger partial charge in [-0.3, -0.25) is 10.1 Å². The van der Waals surface area contributed by atoms with Gasteiger partial charge in [-0.2, -0.15) is 5.26 Å². The van der Waals surface area contributed by atoms with Crippen molar-refractivity contribution >= 4 is 0 Å². The number of hydrogen-bond acceptors (Lipinski definition) is 7. The molecule has 2 aliphatic rings. The summed E-state index contributed by atoms with van der Waals surface area (Å²) < 4.78 is 5.88. The summed E-state index contributed by atoms with van der Waals surface area (Å²) in [6, 6.07) is 6.55. The molecule has 24 heavy (non-hydrogen) atoms. The Morgan fingerprint density at radius 2 is 2.33 bits per heavy atom. The first-order valence-electron chi connectivity index (χ1n) is 7.60. The predicted octanol–water partition coefficient (Wildman–Crippen LogP) is 1.11. The summed E-state index contributed by atoms with van der Waals surface area (Å²) in [4.78, 5) is 12.1. The van der Waals surface area contributed by atoms with Gasteiger partial charge in [0, 0.05) is 18.7 Å². The molecule has 1 aromatic carbocycles. The van der Waals surface area contributed by atoms with Gasteiger partial charge in [-0.15, -0.1) is 0 Å². The lowest BCUT2D eigenvalue weighted by Crippen LogP contribution is -2.53. The molecule has 2 heterocycles. The maximum absolute atomic E-state index is 10.9. The Kier molecular flexibility index (Phi) is 3.81. The fourth-order valence-corrected chi connectivity index (χ4v) is 3.21. The molecule has 2 unspecified atom stereocenters. The van der Waals surface area contributed by atoms with E-state index in [2.05, 4.69) is 11.4 Å². The Hall–Kier alpha value is -2.79. The zero-order valence-electron chi connectivity index (χ0n) is 13.4. The molecule has 0 aromatic heterocycles. The van der Waals surface area contributed by atoms with Crippen molar-refractivity contribution in [1.82, 2.24) is 10.2 Å². The lowest BCUT2D eigenvalue weighted by molar-refractivity contribution is -0.404. The average Bonchev–Trinajstić information content (AvgIpc) is 2.95. The van der Waals surface area contributed by atoms with Gasteiger partial charge >= 0.3 is 0 Å². The third-order valence-corrected chi connectivity index (χ3v) is 4.37. The summed E-state index contributed by atoms with van der Waals surface area (Å²) in [6.07, 6.45) is -0.0234. The lowest BCUT2D eigenvalue weighted by atomic mass is 9.85. The van der Waals surface area contributed by atoms with E-state index in [0.29, 0.717) is 35.8 Å². The van der Waals surface area contributed by atoms with Gasteiger partial charge in [-0.1, -0.05) is 0 Å². The molecule has 0 saturated carbocycles. The molecule has 2 aliphatic heterocycles. The highest BCUT2D eigenvalue weighted by molar-refractivity contribution is 5.47. The standard InChI is InChI=1S/C16H18N4O4/c1-16(2)15(21)14(19-6-5-18-13(19)9-20(22)23)11-7-10(8-17)3-4-12(11)24-16/h3-4,7,9,14-15,18,21H,5-6H2,1-2H3/b13-9+. The maximum atomic E-state index is 10.9. The van der Waals surface area contributed by atoms with E-state index in [1.54, 1.807) is 36.9 Å². The van der Waals surface area contributed by atoms with E-state index in [-0.39, 0.29) is 0 Å². The normalized spacial score (nSPS) is 26.2. The van der Waals surface area contributed by atoms with Crippen molar-refractivity contribution in [2.45, 2.75) is 31.6 Å². The molecule has 0 spiro atoms.